The molecule has 33 heavy (non-hydrogen) atoms. The first-order valence-corrected chi connectivity index (χ1v) is 10.9. The number of nitrogens with two attached hydrogens (primary N) is 2. The average molecular weight is 452 g/mol. The normalized spacial score (nSPS) is 20.2. The zero-order valence-electron chi connectivity index (χ0n) is 18.8. The minimum atomic E-state index is -0.240. The number of hydrogen-bond acceptors (Lipinski definition) is 8. The van der Waals surface area contributed by atoms with Gasteiger partial charge in [-0.3, -0.25) is 9.80 Å². The fraction of sp³-hybridized carbons (Fsp3) is 0.391. The molecule has 4 rings (SSSR count). The van der Waals surface area contributed by atoms with Gasteiger partial charge in [-0.05, 0) is 48.6 Å². The molecule has 2 unspecified atom stereocenters. The number of hydrogen-bond donors (Lipinski definition) is 3. The van der Waals surface area contributed by atoms with E-state index in [0.29, 0.717) is 30.2 Å². The Morgan fingerprint density at radius 2 is 2.18 bits per heavy atom. The van der Waals surface area contributed by atoms with Crippen LogP contribution in [0.25, 0.3) is 0 Å². The molecule has 0 saturated carbocycles. The molecule has 2 aliphatic rings. The summed E-state index contributed by atoms with van der Waals surface area (Å²) < 4.78 is 5.15. The van der Waals surface area contributed by atoms with Gasteiger partial charge in [-0.15, -0.1) is 0 Å². The molecule has 2 aliphatic heterocycles. The van der Waals surface area contributed by atoms with Gasteiger partial charge in [0, 0.05) is 25.2 Å². The zero-order chi connectivity index (χ0) is 23.5. The molecular weight excluding hydrogens is 422 g/mol. The Bertz CT molecular complexity index is 1070. The minimum absolute atomic E-state index is 0.0391. The monoisotopic (exact) mass is 451 g/mol. The summed E-state index contributed by atoms with van der Waals surface area (Å²) in [4.78, 5) is 31.2. The molecule has 1 aromatic carbocycles. The topological polar surface area (TPSA) is 139 Å². The number of amides is 1. The number of carbonyl (C=O) groups is 2. The lowest BCUT2D eigenvalue weighted by molar-refractivity contribution is -0.120. The van der Waals surface area contributed by atoms with E-state index in [2.05, 4.69) is 27.2 Å². The van der Waals surface area contributed by atoms with Gasteiger partial charge in [0.05, 0.1) is 23.4 Å². The molecule has 0 radical (unpaired) electrons. The number of hydrazine groups is 1. The van der Waals surface area contributed by atoms with Gasteiger partial charge in [0.1, 0.15) is 18.8 Å². The van der Waals surface area contributed by atoms with Crippen molar-refractivity contribution in [2.24, 2.45) is 28.6 Å². The molecular formula is C23H29N7O3. The maximum absolute atomic E-state index is 12.9. The predicted molar refractivity (Wildman–Crippen MR) is 125 cm³/mol. The molecule has 1 amide bonds. The molecule has 174 valence electrons. The van der Waals surface area contributed by atoms with Gasteiger partial charge >= 0.3 is 5.97 Å². The Morgan fingerprint density at radius 3 is 2.91 bits per heavy atom. The van der Waals surface area contributed by atoms with Gasteiger partial charge in [-0.2, -0.15) is 5.10 Å². The SMILES string of the molecule is Cc1c(CCN2CC(C)C(C(=O)Nc3ccc(N(N)/C=N\N)cn3)C2)ccc2c1COC2=O. The molecule has 0 spiro atoms. The van der Waals surface area contributed by atoms with Crippen LogP contribution in [-0.4, -0.2) is 47.7 Å². The second kappa shape index (κ2) is 9.55. The van der Waals surface area contributed by atoms with Gasteiger partial charge in [0.25, 0.3) is 0 Å². The Hall–Kier alpha value is -3.50. The summed E-state index contributed by atoms with van der Waals surface area (Å²) in [5.74, 6) is 11.2. The highest BCUT2D eigenvalue weighted by Crippen LogP contribution is 2.28. The van der Waals surface area contributed by atoms with Crippen LogP contribution in [0.2, 0.25) is 0 Å². The molecule has 0 bridgehead atoms. The van der Waals surface area contributed by atoms with Crippen LogP contribution >= 0.6 is 0 Å². The number of cyclic esters (lactones) is 1. The molecule has 1 fully saturated rings. The van der Waals surface area contributed by atoms with E-state index < -0.39 is 0 Å². The van der Waals surface area contributed by atoms with Crippen LogP contribution in [-0.2, 0) is 22.6 Å². The van der Waals surface area contributed by atoms with Gasteiger partial charge in [-0.1, -0.05) is 13.0 Å². The maximum atomic E-state index is 12.9. The van der Waals surface area contributed by atoms with Crippen molar-refractivity contribution < 1.29 is 14.3 Å². The summed E-state index contributed by atoms with van der Waals surface area (Å²) >= 11 is 0. The summed E-state index contributed by atoms with van der Waals surface area (Å²) in [6.45, 7) is 6.91. The van der Waals surface area contributed by atoms with E-state index in [9.17, 15) is 9.59 Å². The third-order valence-electron chi connectivity index (χ3n) is 6.49. The lowest BCUT2D eigenvalue weighted by Crippen LogP contribution is -2.30. The molecule has 0 aliphatic carbocycles. The van der Waals surface area contributed by atoms with E-state index in [1.807, 2.05) is 19.1 Å². The number of likely N-dealkylation sites (tertiary alicyclic amines) is 1. The van der Waals surface area contributed by atoms with Crippen molar-refractivity contribution in [1.29, 1.82) is 0 Å². The predicted octanol–water partition coefficient (Wildman–Crippen LogP) is 1.39. The first-order valence-electron chi connectivity index (χ1n) is 10.9. The maximum Gasteiger partial charge on any atom is 0.338 e. The molecule has 5 N–H and O–H groups in total. The van der Waals surface area contributed by atoms with Gasteiger partial charge in [0.15, 0.2) is 0 Å². The lowest BCUT2D eigenvalue weighted by Gasteiger charge is -2.17. The smallest absolute Gasteiger partial charge is 0.338 e. The molecule has 1 aromatic heterocycles. The third-order valence-corrected chi connectivity index (χ3v) is 6.49. The number of esters is 1. The third kappa shape index (κ3) is 4.81. The molecule has 10 heteroatoms. The Kier molecular flexibility index (Phi) is 6.57. The number of rotatable bonds is 7. The quantitative estimate of drug-likeness (QED) is 0.189. The van der Waals surface area contributed by atoms with E-state index in [-0.39, 0.29) is 23.7 Å². The first-order chi connectivity index (χ1) is 15.9. The fourth-order valence-corrected chi connectivity index (χ4v) is 4.51. The summed E-state index contributed by atoms with van der Waals surface area (Å²) in [7, 11) is 0. The summed E-state index contributed by atoms with van der Waals surface area (Å²) in [6, 6.07) is 7.30. The molecule has 2 aromatic rings. The number of nitrogens with one attached hydrogen (secondary N) is 1. The highest BCUT2D eigenvalue weighted by molar-refractivity contribution is 5.94. The Balaban J connectivity index is 1.32. The van der Waals surface area contributed by atoms with Crippen molar-refractivity contribution in [3.8, 4) is 0 Å². The summed E-state index contributed by atoms with van der Waals surface area (Å²) in [5.41, 5.74) is 4.61. The van der Waals surface area contributed by atoms with Crippen molar-refractivity contribution in [1.82, 2.24) is 9.88 Å². The van der Waals surface area contributed by atoms with Crippen LogP contribution in [0.4, 0.5) is 11.5 Å². The van der Waals surface area contributed by atoms with E-state index in [0.717, 1.165) is 30.6 Å². The second-order valence-corrected chi connectivity index (χ2v) is 8.61. The second-order valence-electron chi connectivity index (χ2n) is 8.61. The average Bonchev–Trinajstić information content (AvgIpc) is 3.37. The van der Waals surface area contributed by atoms with Crippen LogP contribution in [0, 0.1) is 18.8 Å². The van der Waals surface area contributed by atoms with Gasteiger partial charge in [0.2, 0.25) is 5.91 Å². The fourth-order valence-electron chi connectivity index (χ4n) is 4.51. The first kappa shape index (κ1) is 22.7. The number of benzene rings is 1. The zero-order valence-corrected chi connectivity index (χ0v) is 18.8. The highest BCUT2D eigenvalue weighted by atomic mass is 16.5. The lowest BCUT2D eigenvalue weighted by atomic mass is 9.97. The number of pyridine rings is 1. The van der Waals surface area contributed by atoms with Crippen LogP contribution in [0.15, 0.2) is 35.6 Å². The number of ether oxygens (including phenoxy) is 1. The van der Waals surface area contributed by atoms with Crippen molar-refractivity contribution in [2.75, 3.05) is 30.0 Å². The molecule has 10 nitrogen and oxygen atoms in total. The number of carbonyl (C=O) groups excluding carboxylic acids is 2. The number of aromatic nitrogens is 1. The van der Waals surface area contributed by atoms with Crippen LogP contribution in [0.3, 0.4) is 0 Å². The van der Waals surface area contributed by atoms with Crippen LogP contribution in [0.1, 0.15) is 34.0 Å². The highest BCUT2D eigenvalue weighted by Gasteiger charge is 2.35. The van der Waals surface area contributed by atoms with Crippen molar-refractivity contribution in [3.05, 3.63) is 52.7 Å². The van der Waals surface area contributed by atoms with E-state index in [1.165, 1.54) is 16.9 Å². The summed E-state index contributed by atoms with van der Waals surface area (Å²) in [5, 5.41) is 7.51. The van der Waals surface area contributed by atoms with Crippen molar-refractivity contribution in [3.63, 3.8) is 0 Å². The minimum Gasteiger partial charge on any atom is -0.457 e. The van der Waals surface area contributed by atoms with E-state index in [1.54, 1.807) is 18.3 Å². The molecule has 3 heterocycles. The summed E-state index contributed by atoms with van der Waals surface area (Å²) in [6.07, 6.45) is 3.67. The number of fused-ring (bicyclic) bond motifs is 1. The largest absolute Gasteiger partial charge is 0.457 e. The molecule has 2 atom stereocenters. The van der Waals surface area contributed by atoms with E-state index >= 15 is 0 Å². The van der Waals surface area contributed by atoms with E-state index in [4.69, 9.17) is 16.4 Å². The standard InChI is InChI=1S/C23H29N7O3/c1-14-10-29(8-7-16-3-5-18-20(15(16)2)12-33-23(18)32)11-19(14)22(31)28-21-6-4-17(9-26-21)30(25)13-27-24/h3-6,9,13-14,19H,7-8,10-12,24-25H2,1-2H3,(H,26,28,31)/b27-13-. The Labute approximate surface area is 192 Å². The number of hydrazone groups is 1. The number of nitrogens with zero attached hydrogens (tertiary/aromatic N) is 4. The van der Waals surface area contributed by atoms with Crippen molar-refractivity contribution >= 4 is 29.7 Å². The van der Waals surface area contributed by atoms with Gasteiger partial charge in [-0.25, -0.2) is 15.6 Å². The van der Waals surface area contributed by atoms with Gasteiger partial charge < -0.3 is 20.8 Å². The van der Waals surface area contributed by atoms with Crippen LogP contribution < -0.4 is 22.0 Å². The Morgan fingerprint density at radius 1 is 1.36 bits per heavy atom. The van der Waals surface area contributed by atoms with Crippen molar-refractivity contribution in [2.45, 2.75) is 26.9 Å². The van der Waals surface area contributed by atoms with Crippen LogP contribution in [0.5, 0.6) is 0 Å². The number of anilines is 2. The molecule has 1 saturated heterocycles.